The second-order valence-electron chi connectivity index (χ2n) is 9.00. The van der Waals surface area contributed by atoms with E-state index in [9.17, 15) is 14.7 Å². The number of nitrogens with one attached hydrogen (secondary N) is 1. The van der Waals surface area contributed by atoms with Crippen molar-refractivity contribution < 1.29 is 19.0 Å². The lowest BCUT2D eigenvalue weighted by Gasteiger charge is -2.31. The van der Waals surface area contributed by atoms with Crippen molar-refractivity contribution in [2.45, 2.75) is 38.8 Å². The molecule has 2 fully saturated rings. The number of carboxylic acids is 1. The fourth-order valence-corrected chi connectivity index (χ4v) is 4.75. The number of pyridine rings is 1. The molecule has 1 aromatic heterocycles. The maximum absolute atomic E-state index is 15.3. The molecule has 2 aromatic rings. The van der Waals surface area contributed by atoms with Gasteiger partial charge in [-0.1, -0.05) is 6.92 Å². The molecule has 1 saturated heterocycles. The zero-order chi connectivity index (χ0) is 21.2. The number of carboxylic acid groups (broad SMARTS) is 1. The minimum Gasteiger partial charge on any atom is -0.487 e. The summed E-state index contributed by atoms with van der Waals surface area (Å²) in [6.45, 7) is 6.70. The lowest BCUT2D eigenvalue weighted by molar-refractivity contribution is 0.0694. The van der Waals surface area contributed by atoms with E-state index in [0.29, 0.717) is 47.9 Å². The average molecular weight is 415 g/mol. The summed E-state index contributed by atoms with van der Waals surface area (Å²) in [4.78, 5) is 26.3. The summed E-state index contributed by atoms with van der Waals surface area (Å²) >= 11 is 0. The Hall–Kier alpha value is -2.61. The molecule has 1 aromatic carbocycles. The molecule has 1 aliphatic carbocycles. The van der Waals surface area contributed by atoms with Gasteiger partial charge in [-0.25, -0.2) is 9.18 Å². The van der Waals surface area contributed by atoms with Crippen LogP contribution in [0.3, 0.4) is 0 Å². The molecule has 2 aliphatic heterocycles. The van der Waals surface area contributed by atoms with Gasteiger partial charge in [0.2, 0.25) is 5.43 Å². The van der Waals surface area contributed by atoms with Gasteiger partial charge in [0, 0.05) is 31.9 Å². The molecular formula is C22H26FN3O4. The molecule has 0 spiro atoms. The molecule has 0 radical (unpaired) electrons. The summed E-state index contributed by atoms with van der Waals surface area (Å²) in [5.74, 6) is -0.694. The van der Waals surface area contributed by atoms with Crippen LogP contribution < -0.4 is 20.4 Å². The van der Waals surface area contributed by atoms with Crippen molar-refractivity contribution in [3.63, 3.8) is 0 Å². The first-order valence-electron chi connectivity index (χ1n) is 10.6. The van der Waals surface area contributed by atoms with E-state index in [0.717, 1.165) is 6.54 Å². The predicted molar refractivity (Wildman–Crippen MR) is 111 cm³/mol. The molecule has 3 aliphatic rings. The van der Waals surface area contributed by atoms with Crippen LogP contribution in [0.1, 0.15) is 43.1 Å². The minimum absolute atomic E-state index is 0.0527. The number of anilines is 1. The van der Waals surface area contributed by atoms with E-state index in [1.807, 2.05) is 11.8 Å². The Balaban J connectivity index is 1.60. The van der Waals surface area contributed by atoms with E-state index >= 15 is 4.39 Å². The third kappa shape index (κ3) is 3.05. The number of nitrogens with zero attached hydrogens (tertiary/aromatic N) is 2. The number of aromatic carboxylic acids is 1. The third-order valence-electron chi connectivity index (χ3n) is 6.70. The van der Waals surface area contributed by atoms with Gasteiger partial charge in [-0.3, -0.25) is 4.79 Å². The van der Waals surface area contributed by atoms with Gasteiger partial charge in [-0.05, 0) is 37.7 Å². The van der Waals surface area contributed by atoms with E-state index in [1.165, 1.54) is 25.1 Å². The number of rotatable bonds is 5. The zero-order valence-corrected chi connectivity index (χ0v) is 17.2. The third-order valence-corrected chi connectivity index (χ3v) is 6.70. The Bertz CT molecular complexity index is 1090. The van der Waals surface area contributed by atoms with Gasteiger partial charge in [0.25, 0.3) is 0 Å². The topological polar surface area (TPSA) is 83.8 Å². The minimum atomic E-state index is -1.31. The summed E-state index contributed by atoms with van der Waals surface area (Å²) in [6.07, 6.45) is 3.83. The van der Waals surface area contributed by atoms with Crippen LogP contribution >= 0.6 is 0 Å². The van der Waals surface area contributed by atoms with Gasteiger partial charge >= 0.3 is 5.97 Å². The molecule has 7 nitrogen and oxygen atoms in total. The number of hydrogen-bond acceptors (Lipinski definition) is 5. The number of ether oxygens (including phenoxy) is 1. The van der Waals surface area contributed by atoms with Crippen LogP contribution in [0, 0.1) is 17.7 Å². The molecular weight excluding hydrogens is 389 g/mol. The van der Waals surface area contributed by atoms with Crippen LogP contribution in [0.4, 0.5) is 10.1 Å². The maximum atomic E-state index is 15.3. The summed E-state index contributed by atoms with van der Waals surface area (Å²) in [5, 5.41) is 13.0. The first-order valence-corrected chi connectivity index (χ1v) is 10.6. The number of aromatic nitrogens is 1. The molecule has 1 saturated carbocycles. The van der Waals surface area contributed by atoms with Crippen molar-refractivity contribution in [2.24, 2.45) is 11.8 Å². The highest BCUT2D eigenvalue weighted by atomic mass is 19.1. The highest BCUT2D eigenvalue weighted by Gasteiger charge is 2.36. The monoisotopic (exact) mass is 415 g/mol. The highest BCUT2D eigenvalue weighted by molar-refractivity contribution is 5.97. The fraction of sp³-hybridized carbons (Fsp3) is 0.545. The zero-order valence-electron chi connectivity index (χ0n) is 17.2. The van der Waals surface area contributed by atoms with Crippen molar-refractivity contribution in [3.8, 4) is 5.75 Å². The normalized spacial score (nSPS) is 25.6. The molecule has 0 bridgehead atoms. The summed E-state index contributed by atoms with van der Waals surface area (Å²) in [5.41, 5.74) is -0.173. The SMILES string of the molecule is C[C@H]1CN(c2c(F)cc3c(=O)c(C(=O)O)cn4c3c2OC[C@@H]4C)C[C@@H]1CNC1CC1. The first-order chi connectivity index (χ1) is 14.3. The molecule has 2 N–H and O–H groups in total. The fourth-order valence-electron chi connectivity index (χ4n) is 4.75. The van der Waals surface area contributed by atoms with Gasteiger partial charge < -0.3 is 24.6 Å². The summed E-state index contributed by atoms with van der Waals surface area (Å²) < 4.78 is 23.0. The van der Waals surface area contributed by atoms with E-state index in [4.69, 9.17) is 4.74 Å². The Morgan fingerprint density at radius 3 is 2.80 bits per heavy atom. The highest BCUT2D eigenvalue weighted by Crippen LogP contribution is 2.44. The number of hydrogen-bond donors (Lipinski definition) is 2. The maximum Gasteiger partial charge on any atom is 0.341 e. The standard InChI is InChI=1S/C22H26FN3O4/c1-11-7-25(8-13(11)6-24-14-3-4-14)19-17(23)5-15-18-21(19)30-10-12(2)26(18)9-16(20(15)27)22(28)29/h5,9,11-14,24H,3-4,6-8,10H2,1-2H3,(H,28,29)/t11-,12-,13-/m0/s1. The van der Waals surface area contributed by atoms with Crippen LogP contribution in [0.2, 0.25) is 0 Å². The Kier molecular flexibility index (Phi) is 4.50. The van der Waals surface area contributed by atoms with Crippen LogP contribution in [0.25, 0.3) is 10.9 Å². The van der Waals surface area contributed by atoms with Crippen LogP contribution in [-0.2, 0) is 0 Å². The van der Waals surface area contributed by atoms with E-state index in [2.05, 4.69) is 12.2 Å². The molecule has 0 amide bonds. The van der Waals surface area contributed by atoms with Gasteiger partial charge in [-0.2, -0.15) is 0 Å². The quantitative estimate of drug-likeness (QED) is 0.781. The Morgan fingerprint density at radius 1 is 1.33 bits per heavy atom. The van der Waals surface area contributed by atoms with E-state index in [1.54, 1.807) is 4.57 Å². The van der Waals surface area contributed by atoms with Gasteiger partial charge in [0.05, 0.1) is 16.9 Å². The summed E-state index contributed by atoms with van der Waals surface area (Å²) in [7, 11) is 0. The van der Waals surface area contributed by atoms with Gasteiger partial charge in [0.1, 0.15) is 17.9 Å². The smallest absolute Gasteiger partial charge is 0.341 e. The van der Waals surface area contributed by atoms with Crippen LogP contribution in [-0.4, -0.2) is 47.9 Å². The van der Waals surface area contributed by atoms with E-state index in [-0.39, 0.29) is 23.6 Å². The second kappa shape index (κ2) is 6.97. The largest absolute Gasteiger partial charge is 0.487 e. The van der Waals surface area contributed by atoms with Gasteiger partial charge in [0.15, 0.2) is 11.6 Å². The summed E-state index contributed by atoms with van der Waals surface area (Å²) in [6, 6.07) is 1.65. The Labute approximate surface area is 173 Å². The molecule has 3 atom stereocenters. The van der Waals surface area contributed by atoms with Crippen molar-refractivity contribution in [1.82, 2.24) is 9.88 Å². The van der Waals surface area contributed by atoms with Crippen molar-refractivity contribution >= 4 is 22.6 Å². The average Bonchev–Trinajstić information content (AvgIpc) is 3.46. The van der Waals surface area contributed by atoms with Crippen molar-refractivity contribution in [1.29, 1.82) is 0 Å². The second-order valence-corrected chi connectivity index (χ2v) is 9.00. The van der Waals surface area contributed by atoms with E-state index < -0.39 is 17.2 Å². The number of benzene rings is 1. The van der Waals surface area contributed by atoms with Crippen molar-refractivity contribution in [2.75, 3.05) is 31.1 Å². The number of halogens is 1. The Morgan fingerprint density at radius 2 is 2.10 bits per heavy atom. The molecule has 5 rings (SSSR count). The first kappa shape index (κ1) is 19.4. The molecule has 8 heteroatoms. The lowest BCUT2D eigenvalue weighted by atomic mass is 9.98. The lowest BCUT2D eigenvalue weighted by Crippen LogP contribution is -2.30. The van der Waals surface area contributed by atoms with Crippen LogP contribution in [0.15, 0.2) is 17.1 Å². The number of carbonyl (C=O) groups is 1. The molecule has 30 heavy (non-hydrogen) atoms. The molecule has 0 unspecified atom stereocenters. The van der Waals surface area contributed by atoms with Gasteiger partial charge in [-0.15, -0.1) is 0 Å². The predicted octanol–water partition coefficient (Wildman–Crippen LogP) is 2.62. The molecule has 3 heterocycles. The van der Waals surface area contributed by atoms with Crippen molar-refractivity contribution in [3.05, 3.63) is 33.9 Å². The van der Waals surface area contributed by atoms with Crippen LogP contribution in [0.5, 0.6) is 5.75 Å². The molecule has 160 valence electrons.